The van der Waals surface area contributed by atoms with E-state index in [1.165, 1.54) is 24.9 Å². The van der Waals surface area contributed by atoms with Crippen LogP contribution in [0.15, 0.2) is 11.4 Å². The number of halogens is 2. The van der Waals surface area contributed by atoms with Crippen molar-refractivity contribution in [2.45, 2.75) is 49.0 Å². The summed E-state index contributed by atoms with van der Waals surface area (Å²) in [5.74, 6) is -2.88. The molecule has 0 unspecified atom stereocenters. The summed E-state index contributed by atoms with van der Waals surface area (Å²) in [6.45, 7) is 1.31. The molecule has 1 aromatic heterocycles. The fourth-order valence-corrected chi connectivity index (χ4v) is 2.65. The van der Waals surface area contributed by atoms with Gasteiger partial charge in [0, 0.05) is 12.8 Å². The number of alkyl halides is 2. The van der Waals surface area contributed by atoms with Gasteiger partial charge in [0.15, 0.2) is 5.16 Å². The third-order valence-electron chi connectivity index (χ3n) is 3.37. The van der Waals surface area contributed by atoms with Gasteiger partial charge in [0.25, 0.3) is 5.92 Å². The first kappa shape index (κ1) is 15.9. The molecule has 1 N–H and O–H groups in total. The highest BCUT2D eigenvalue weighted by molar-refractivity contribution is 7.98. The molecule has 0 aliphatic heterocycles. The maximum absolute atomic E-state index is 13.4. The van der Waals surface area contributed by atoms with E-state index >= 15 is 0 Å². The normalized spacial score (nSPS) is 27.9. The molecule has 1 aliphatic rings. The second-order valence-corrected chi connectivity index (χ2v) is 6.00. The minimum absolute atomic E-state index is 0.0104. The standard InChI is InChI=1S/C13H15F2N3O2S/c1-12(19)7-13(14,15)4-3-9(12)20-10-8(5-16)6-17-11(18-10)21-2/h6,9,19H,3-4,7H2,1-2H3/t9-,12+/m0/s1. The van der Waals surface area contributed by atoms with E-state index in [0.29, 0.717) is 5.16 Å². The van der Waals surface area contributed by atoms with Crippen LogP contribution in [0.25, 0.3) is 0 Å². The number of thioether (sulfide) groups is 1. The minimum Gasteiger partial charge on any atom is -0.470 e. The lowest BCUT2D eigenvalue weighted by molar-refractivity contribution is -0.162. The molecule has 2 rings (SSSR count). The zero-order valence-electron chi connectivity index (χ0n) is 11.6. The average molecular weight is 315 g/mol. The SMILES string of the molecule is CSc1ncc(C#N)c(O[C@H]2CCC(F)(F)C[C@@]2(C)O)n1. The van der Waals surface area contributed by atoms with Crippen molar-refractivity contribution in [3.63, 3.8) is 0 Å². The number of rotatable bonds is 3. The predicted molar refractivity (Wildman–Crippen MR) is 72.4 cm³/mol. The Bertz CT molecular complexity index is 575. The highest BCUT2D eigenvalue weighted by Gasteiger charge is 2.49. The Morgan fingerprint density at radius 2 is 2.29 bits per heavy atom. The van der Waals surface area contributed by atoms with Gasteiger partial charge in [-0.2, -0.15) is 10.2 Å². The Labute approximate surface area is 125 Å². The van der Waals surface area contributed by atoms with Gasteiger partial charge in [-0.1, -0.05) is 11.8 Å². The predicted octanol–water partition coefficient (Wildman–Crippen LogP) is 2.39. The van der Waals surface area contributed by atoms with E-state index in [1.54, 1.807) is 6.26 Å². The molecule has 0 bridgehead atoms. The fourth-order valence-electron chi connectivity index (χ4n) is 2.32. The van der Waals surface area contributed by atoms with Gasteiger partial charge in [0.2, 0.25) is 5.88 Å². The number of nitrogens with zero attached hydrogens (tertiary/aromatic N) is 3. The van der Waals surface area contributed by atoms with E-state index in [2.05, 4.69) is 9.97 Å². The van der Waals surface area contributed by atoms with Gasteiger partial charge >= 0.3 is 0 Å². The number of aliphatic hydroxyl groups is 1. The summed E-state index contributed by atoms with van der Waals surface area (Å²) in [5, 5.41) is 19.6. The Morgan fingerprint density at radius 1 is 1.57 bits per heavy atom. The van der Waals surface area contributed by atoms with E-state index < -0.39 is 24.0 Å². The van der Waals surface area contributed by atoms with Gasteiger partial charge in [-0.3, -0.25) is 0 Å². The first-order valence-corrected chi connectivity index (χ1v) is 7.58. The van der Waals surface area contributed by atoms with E-state index in [0.717, 1.165) is 0 Å². The third kappa shape index (κ3) is 3.60. The van der Waals surface area contributed by atoms with Gasteiger partial charge in [-0.25, -0.2) is 13.8 Å². The molecule has 0 aromatic carbocycles. The second kappa shape index (κ2) is 5.73. The monoisotopic (exact) mass is 315 g/mol. The lowest BCUT2D eigenvalue weighted by Gasteiger charge is -2.40. The highest BCUT2D eigenvalue weighted by atomic mass is 32.2. The van der Waals surface area contributed by atoms with Crippen molar-refractivity contribution in [2.75, 3.05) is 6.26 Å². The van der Waals surface area contributed by atoms with Crippen molar-refractivity contribution in [3.8, 4) is 11.9 Å². The number of hydrogen-bond acceptors (Lipinski definition) is 6. The van der Waals surface area contributed by atoms with E-state index in [9.17, 15) is 13.9 Å². The lowest BCUT2D eigenvalue weighted by atomic mass is 9.81. The maximum Gasteiger partial charge on any atom is 0.251 e. The van der Waals surface area contributed by atoms with E-state index in [4.69, 9.17) is 10.00 Å². The highest BCUT2D eigenvalue weighted by Crippen LogP contribution is 2.40. The van der Waals surface area contributed by atoms with Crippen molar-refractivity contribution >= 4 is 11.8 Å². The molecule has 1 heterocycles. The molecular weight excluding hydrogens is 300 g/mol. The van der Waals surface area contributed by atoms with Crippen LogP contribution in [0.2, 0.25) is 0 Å². The Morgan fingerprint density at radius 3 is 2.86 bits per heavy atom. The van der Waals surface area contributed by atoms with Crippen LogP contribution in [0.5, 0.6) is 5.88 Å². The van der Waals surface area contributed by atoms with Crippen molar-refractivity contribution in [2.24, 2.45) is 0 Å². The molecule has 1 aromatic rings. The van der Waals surface area contributed by atoms with Gasteiger partial charge < -0.3 is 9.84 Å². The molecule has 0 spiro atoms. The van der Waals surface area contributed by atoms with E-state index in [1.807, 2.05) is 6.07 Å². The number of hydrogen-bond donors (Lipinski definition) is 1. The van der Waals surface area contributed by atoms with Gasteiger partial charge in [-0.15, -0.1) is 0 Å². The summed E-state index contributed by atoms with van der Waals surface area (Å²) in [6, 6.07) is 1.89. The van der Waals surface area contributed by atoms with Gasteiger partial charge in [-0.05, 0) is 19.6 Å². The molecular formula is C13H15F2N3O2S. The molecule has 0 radical (unpaired) electrons. The molecule has 1 fully saturated rings. The molecule has 0 saturated heterocycles. The van der Waals surface area contributed by atoms with Crippen LogP contribution >= 0.6 is 11.8 Å². The minimum atomic E-state index is -2.91. The smallest absolute Gasteiger partial charge is 0.251 e. The Kier molecular flexibility index (Phi) is 4.35. The molecule has 5 nitrogen and oxygen atoms in total. The van der Waals surface area contributed by atoms with Crippen molar-refractivity contribution < 1.29 is 18.6 Å². The molecule has 2 atom stereocenters. The zero-order valence-corrected chi connectivity index (χ0v) is 12.5. The summed E-state index contributed by atoms with van der Waals surface area (Å²) in [6.07, 6.45) is 1.20. The first-order chi connectivity index (χ1) is 9.77. The quantitative estimate of drug-likeness (QED) is 0.681. The lowest BCUT2D eigenvalue weighted by Crippen LogP contribution is -2.51. The molecule has 8 heteroatoms. The van der Waals surface area contributed by atoms with Gasteiger partial charge in [0.1, 0.15) is 23.3 Å². The Balaban J connectivity index is 2.24. The summed E-state index contributed by atoms with van der Waals surface area (Å²) in [4.78, 5) is 8.01. The van der Waals surface area contributed by atoms with Crippen LogP contribution in [0, 0.1) is 11.3 Å². The maximum atomic E-state index is 13.4. The largest absolute Gasteiger partial charge is 0.470 e. The number of nitriles is 1. The number of aromatic nitrogens is 2. The molecule has 0 amide bonds. The first-order valence-electron chi connectivity index (χ1n) is 6.35. The van der Waals surface area contributed by atoms with Crippen LogP contribution in [-0.2, 0) is 0 Å². The Hall–Kier alpha value is -1.46. The summed E-state index contributed by atoms with van der Waals surface area (Å²) < 4.78 is 32.3. The van der Waals surface area contributed by atoms with Crippen LogP contribution < -0.4 is 4.74 Å². The molecule has 21 heavy (non-hydrogen) atoms. The second-order valence-electron chi connectivity index (χ2n) is 5.22. The third-order valence-corrected chi connectivity index (χ3v) is 3.93. The van der Waals surface area contributed by atoms with Crippen LogP contribution in [0.4, 0.5) is 8.78 Å². The van der Waals surface area contributed by atoms with Crippen LogP contribution in [0.1, 0.15) is 31.7 Å². The van der Waals surface area contributed by atoms with Crippen LogP contribution in [0.3, 0.4) is 0 Å². The molecule has 1 aliphatic carbocycles. The van der Waals surface area contributed by atoms with Crippen LogP contribution in [-0.4, -0.2) is 39.0 Å². The van der Waals surface area contributed by atoms with Crippen molar-refractivity contribution in [1.82, 2.24) is 9.97 Å². The molecule has 1 saturated carbocycles. The van der Waals surface area contributed by atoms with Crippen molar-refractivity contribution in [3.05, 3.63) is 11.8 Å². The fraction of sp³-hybridized carbons (Fsp3) is 0.615. The number of ether oxygens (including phenoxy) is 1. The van der Waals surface area contributed by atoms with Crippen molar-refractivity contribution in [1.29, 1.82) is 5.26 Å². The zero-order chi connectivity index (χ0) is 15.7. The van der Waals surface area contributed by atoms with Gasteiger partial charge in [0.05, 0.1) is 6.20 Å². The molecule has 114 valence electrons. The summed E-state index contributed by atoms with van der Waals surface area (Å²) in [5.41, 5.74) is -1.57. The topological polar surface area (TPSA) is 79.0 Å². The summed E-state index contributed by atoms with van der Waals surface area (Å²) in [7, 11) is 0. The average Bonchev–Trinajstić information content (AvgIpc) is 2.40. The summed E-state index contributed by atoms with van der Waals surface area (Å²) >= 11 is 1.27. The van der Waals surface area contributed by atoms with E-state index in [-0.39, 0.29) is 24.3 Å².